The minimum absolute atomic E-state index is 0.00601. The molecule has 1 saturated heterocycles. The second kappa shape index (κ2) is 7.70. The number of ether oxygens (including phenoxy) is 1. The van der Waals surface area contributed by atoms with Crippen LogP contribution in [0, 0.1) is 6.92 Å². The molecule has 3 heterocycles. The molecule has 6 nitrogen and oxygen atoms in total. The van der Waals surface area contributed by atoms with Gasteiger partial charge in [0.15, 0.2) is 0 Å². The summed E-state index contributed by atoms with van der Waals surface area (Å²) in [6.07, 6.45) is 5.89. The number of aryl methyl sites for hydroxylation is 2. The van der Waals surface area contributed by atoms with Gasteiger partial charge in [0.25, 0.3) is 0 Å². The predicted molar refractivity (Wildman–Crippen MR) is 88.3 cm³/mol. The summed E-state index contributed by atoms with van der Waals surface area (Å²) in [6, 6.07) is 1.90. The zero-order valence-corrected chi connectivity index (χ0v) is 14.2. The summed E-state index contributed by atoms with van der Waals surface area (Å²) in [7, 11) is 0. The van der Waals surface area contributed by atoms with Crippen molar-refractivity contribution < 1.29 is 9.53 Å². The van der Waals surface area contributed by atoms with Crippen molar-refractivity contribution in [1.82, 2.24) is 19.7 Å². The number of amides is 1. The van der Waals surface area contributed by atoms with Crippen LogP contribution >= 0.6 is 11.3 Å². The number of aromatic nitrogens is 3. The Hall–Kier alpha value is -1.73. The Morgan fingerprint density at radius 2 is 2.43 bits per heavy atom. The largest absolute Gasteiger partial charge is 0.374 e. The minimum atomic E-state index is 0.00601. The van der Waals surface area contributed by atoms with E-state index in [9.17, 15) is 4.79 Å². The number of rotatable bonds is 5. The molecular formula is C16H22N4O2S. The van der Waals surface area contributed by atoms with Crippen LogP contribution in [0.1, 0.15) is 23.4 Å². The normalized spacial score (nSPS) is 18.8. The van der Waals surface area contributed by atoms with E-state index >= 15 is 0 Å². The van der Waals surface area contributed by atoms with Crippen LogP contribution in [0.15, 0.2) is 24.0 Å². The lowest BCUT2D eigenvalue weighted by atomic mass is 10.2. The Morgan fingerprint density at radius 3 is 3.17 bits per heavy atom. The maximum absolute atomic E-state index is 12.5. The molecule has 1 aliphatic rings. The van der Waals surface area contributed by atoms with E-state index in [0.29, 0.717) is 26.1 Å². The first-order chi connectivity index (χ1) is 11.2. The number of hydrogen-bond donors (Lipinski definition) is 0. The van der Waals surface area contributed by atoms with Gasteiger partial charge in [0.2, 0.25) is 5.91 Å². The first kappa shape index (κ1) is 16.1. The van der Waals surface area contributed by atoms with Crippen LogP contribution in [-0.4, -0.2) is 51.4 Å². The van der Waals surface area contributed by atoms with Crippen LogP contribution in [0.5, 0.6) is 0 Å². The van der Waals surface area contributed by atoms with Crippen LogP contribution in [0.2, 0.25) is 0 Å². The van der Waals surface area contributed by atoms with Gasteiger partial charge in [-0.25, -0.2) is 4.98 Å². The van der Waals surface area contributed by atoms with E-state index in [0.717, 1.165) is 25.1 Å². The summed E-state index contributed by atoms with van der Waals surface area (Å²) in [6.45, 7) is 4.79. The molecule has 2 aromatic rings. The second-order valence-electron chi connectivity index (χ2n) is 5.78. The van der Waals surface area contributed by atoms with Crippen LogP contribution in [0.3, 0.4) is 0 Å². The van der Waals surface area contributed by atoms with Gasteiger partial charge >= 0.3 is 0 Å². The summed E-state index contributed by atoms with van der Waals surface area (Å²) in [5, 5.41) is 4.22. The fourth-order valence-corrected chi connectivity index (χ4v) is 3.58. The summed E-state index contributed by atoms with van der Waals surface area (Å²) >= 11 is 1.63. The van der Waals surface area contributed by atoms with Gasteiger partial charge in [-0.2, -0.15) is 5.10 Å². The molecule has 124 valence electrons. The van der Waals surface area contributed by atoms with Crippen LogP contribution in [0.25, 0.3) is 0 Å². The van der Waals surface area contributed by atoms with Crippen molar-refractivity contribution in [3.63, 3.8) is 0 Å². The lowest BCUT2D eigenvalue weighted by Gasteiger charge is -2.24. The van der Waals surface area contributed by atoms with E-state index in [1.54, 1.807) is 17.5 Å². The molecule has 1 aliphatic heterocycles. The van der Waals surface area contributed by atoms with Gasteiger partial charge in [-0.15, -0.1) is 11.3 Å². The monoisotopic (exact) mass is 334 g/mol. The van der Waals surface area contributed by atoms with Crippen molar-refractivity contribution in [2.24, 2.45) is 0 Å². The van der Waals surface area contributed by atoms with Crippen molar-refractivity contribution >= 4 is 17.2 Å². The zero-order valence-electron chi connectivity index (χ0n) is 13.4. The van der Waals surface area contributed by atoms with Gasteiger partial charge in [-0.05, 0) is 25.8 Å². The summed E-state index contributed by atoms with van der Waals surface area (Å²) < 4.78 is 7.72. The molecule has 1 fully saturated rings. The molecule has 1 atom stereocenters. The van der Waals surface area contributed by atoms with Gasteiger partial charge in [0, 0.05) is 43.4 Å². The highest BCUT2D eigenvalue weighted by Gasteiger charge is 2.23. The zero-order chi connectivity index (χ0) is 16.1. The average Bonchev–Trinajstić information content (AvgIpc) is 3.13. The third-order valence-electron chi connectivity index (χ3n) is 4.06. The molecule has 2 aromatic heterocycles. The first-order valence-electron chi connectivity index (χ1n) is 7.98. The topological polar surface area (TPSA) is 60.3 Å². The van der Waals surface area contributed by atoms with E-state index in [4.69, 9.17) is 4.74 Å². The minimum Gasteiger partial charge on any atom is -0.374 e. The number of thiazole rings is 1. The van der Waals surface area contributed by atoms with Crippen LogP contribution in [0.4, 0.5) is 0 Å². The predicted octanol–water partition coefficient (Wildman–Crippen LogP) is 1.90. The van der Waals surface area contributed by atoms with Gasteiger partial charge in [-0.3, -0.25) is 9.48 Å². The highest BCUT2D eigenvalue weighted by atomic mass is 32.1. The second-order valence-corrected chi connectivity index (χ2v) is 6.71. The van der Waals surface area contributed by atoms with Crippen molar-refractivity contribution in [3.8, 4) is 0 Å². The molecule has 0 saturated carbocycles. The number of carbonyl (C=O) groups is 1. The van der Waals surface area contributed by atoms with E-state index in [-0.39, 0.29) is 12.0 Å². The lowest BCUT2D eigenvalue weighted by Crippen LogP contribution is -2.38. The van der Waals surface area contributed by atoms with Gasteiger partial charge in [0.05, 0.1) is 23.9 Å². The number of nitrogens with zero attached hydrogens (tertiary/aromatic N) is 4. The average molecular weight is 334 g/mol. The Balaban J connectivity index is 1.54. The molecule has 0 aliphatic carbocycles. The summed E-state index contributed by atoms with van der Waals surface area (Å²) in [4.78, 5) is 19.9. The molecule has 0 radical (unpaired) electrons. The van der Waals surface area contributed by atoms with Crippen LogP contribution < -0.4 is 0 Å². The Morgan fingerprint density at radius 1 is 1.52 bits per heavy atom. The van der Waals surface area contributed by atoms with E-state index in [1.807, 2.05) is 34.3 Å². The maximum atomic E-state index is 12.5. The molecule has 1 unspecified atom stereocenters. The maximum Gasteiger partial charge on any atom is 0.223 e. The fourth-order valence-electron chi connectivity index (χ4n) is 2.79. The van der Waals surface area contributed by atoms with Crippen LogP contribution in [-0.2, 0) is 22.5 Å². The standard InChI is InChI=1S/C16H22N4O2S/c1-13-15(23-12-17-13)4-5-16(21)19-7-3-9-22-14(10-19)11-20-8-2-6-18-20/h2,6,8,12,14H,3-5,7,9-11H2,1H3. The highest BCUT2D eigenvalue weighted by Crippen LogP contribution is 2.16. The van der Waals surface area contributed by atoms with Crippen molar-refractivity contribution in [2.75, 3.05) is 19.7 Å². The molecule has 0 bridgehead atoms. The third-order valence-corrected chi connectivity index (χ3v) is 5.06. The smallest absolute Gasteiger partial charge is 0.223 e. The van der Waals surface area contributed by atoms with Crippen molar-refractivity contribution in [3.05, 3.63) is 34.5 Å². The molecule has 23 heavy (non-hydrogen) atoms. The van der Waals surface area contributed by atoms with E-state index < -0.39 is 0 Å². The summed E-state index contributed by atoms with van der Waals surface area (Å²) in [5.74, 6) is 0.203. The van der Waals surface area contributed by atoms with Gasteiger partial charge in [0.1, 0.15) is 0 Å². The number of hydrogen-bond acceptors (Lipinski definition) is 5. The van der Waals surface area contributed by atoms with E-state index in [2.05, 4.69) is 10.1 Å². The molecule has 0 N–H and O–H groups in total. The lowest BCUT2D eigenvalue weighted by molar-refractivity contribution is -0.132. The van der Waals surface area contributed by atoms with Crippen molar-refractivity contribution in [1.29, 1.82) is 0 Å². The van der Waals surface area contributed by atoms with Crippen molar-refractivity contribution in [2.45, 2.75) is 38.8 Å². The number of carbonyl (C=O) groups excluding carboxylic acids is 1. The summed E-state index contributed by atoms with van der Waals surface area (Å²) in [5.41, 5.74) is 2.88. The molecule has 0 aromatic carbocycles. The molecule has 0 spiro atoms. The molecule has 1 amide bonds. The first-order valence-corrected chi connectivity index (χ1v) is 8.86. The Labute approximate surface area is 140 Å². The van der Waals surface area contributed by atoms with Gasteiger partial charge < -0.3 is 9.64 Å². The third kappa shape index (κ3) is 4.39. The van der Waals surface area contributed by atoms with E-state index in [1.165, 1.54) is 4.88 Å². The molecular weight excluding hydrogens is 312 g/mol. The highest BCUT2D eigenvalue weighted by molar-refractivity contribution is 7.09. The van der Waals surface area contributed by atoms with Gasteiger partial charge in [-0.1, -0.05) is 0 Å². The fraction of sp³-hybridized carbons (Fsp3) is 0.562. The Bertz CT molecular complexity index is 626. The molecule has 3 rings (SSSR count). The molecule has 7 heteroatoms. The SMILES string of the molecule is Cc1ncsc1CCC(=O)N1CCCOC(Cn2cccn2)C1. The Kier molecular flexibility index (Phi) is 5.40. The quantitative estimate of drug-likeness (QED) is 0.838.